The maximum absolute atomic E-state index is 10.8. The summed E-state index contributed by atoms with van der Waals surface area (Å²) in [5, 5.41) is 9.59. The second-order valence-electron chi connectivity index (χ2n) is 4.78. The lowest BCUT2D eigenvalue weighted by molar-refractivity contribution is -0.133. The van der Waals surface area contributed by atoms with E-state index in [0.717, 1.165) is 35.6 Å². The molecule has 108 valence electrons. The summed E-state index contributed by atoms with van der Waals surface area (Å²) in [4.78, 5) is 19.7. The van der Waals surface area contributed by atoms with Crippen LogP contribution in [0.2, 0.25) is 0 Å². The van der Waals surface area contributed by atoms with Crippen LogP contribution in [0.4, 0.5) is 0 Å². The van der Waals surface area contributed by atoms with Gasteiger partial charge in [0, 0.05) is 12.2 Å². The molecule has 0 radical (unpaired) electrons. The Morgan fingerprint density at radius 2 is 2.35 bits per heavy atom. The van der Waals surface area contributed by atoms with E-state index in [1.807, 2.05) is 12.1 Å². The van der Waals surface area contributed by atoms with Crippen molar-refractivity contribution in [3.63, 3.8) is 0 Å². The molecule has 6 heteroatoms. The highest BCUT2D eigenvalue weighted by Gasteiger charge is 2.17. The van der Waals surface area contributed by atoms with Gasteiger partial charge in [0.05, 0.1) is 5.75 Å². The van der Waals surface area contributed by atoms with Gasteiger partial charge >= 0.3 is 5.97 Å². The molecule has 2 aromatic heterocycles. The second kappa shape index (κ2) is 6.74. The molecule has 0 aliphatic rings. The van der Waals surface area contributed by atoms with Gasteiger partial charge in [-0.3, -0.25) is 4.79 Å². The summed E-state index contributed by atoms with van der Waals surface area (Å²) in [7, 11) is 0. The molecule has 2 aromatic rings. The summed E-state index contributed by atoms with van der Waals surface area (Å²) in [5.41, 5.74) is 1.66. The Morgan fingerprint density at radius 3 is 3.05 bits per heavy atom. The van der Waals surface area contributed by atoms with Gasteiger partial charge in [-0.15, -0.1) is 0 Å². The van der Waals surface area contributed by atoms with E-state index in [1.54, 1.807) is 6.20 Å². The monoisotopic (exact) mass is 293 g/mol. The zero-order chi connectivity index (χ0) is 14.5. The van der Waals surface area contributed by atoms with Crippen molar-refractivity contribution in [1.82, 2.24) is 14.5 Å². The molecule has 0 aliphatic carbocycles. The van der Waals surface area contributed by atoms with Crippen LogP contribution >= 0.6 is 11.8 Å². The minimum atomic E-state index is -0.831. The van der Waals surface area contributed by atoms with Crippen LogP contribution in [0.25, 0.3) is 11.2 Å². The molecule has 0 saturated heterocycles. The fraction of sp³-hybridized carbons (Fsp3) is 0.500. The van der Waals surface area contributed by atoms with Gasteiger partial charge in [0.15, 0.2) is 10.8 Å². The third kappa shape index (κ3) is 3.30. The number of imidazole rings is 1. The Morgan fingerprint density at radius 1 is 1.55 bits per heavy atom. The third-order valence-corrected chi connectivity index (χ3v) is 4.09. The van der Waals surface area contributed by atoms with Gasteiger partial charge in [0.25, 0.3) is 0 Å². The number of hydrogen-bond acceptors (Lipinski definition) is 4. The van der Waals surface area contributed by atoms with Crippen molar-refractivity contribution >= 4 is 28.9 Å². The molecule has 0 amide bonds. The standard InChI is InChI=1S/C14H19N3O2S/c1-3-4-6-10(2)17-13-11(7-5-8-15-13)16-14(17)20-9-12(18)19/h5,7-8,10H,3-4,6,9H2,1-2H3,(H,18,19). The summed E-state index contributed by atoms with van der Waals surface area (Å²) in [6.07, 6.45) is 5.07. The molecule has 1 unspecified atom stereocenters. The normalized spacial score (nSPS) is 12.7. The van der Waals surface area contributed by atoms with Crippen LogP contribution in [-0.2, 0) is 4.79 Å². The number of rotatable bonds is 7. The molecule has 20 heavy (non-hydrogen) atoms. The highest BCUT2D eigenvalue weighted by Crippen LogP contribution is 2.28. The Labute approximate surface area is 122 Å². The molecular weight excluding hydrogens is 274 g/mol. The molecule has 2 rings (SSSR count). The molecule has 0 saturated carbocycles. The summed E-state index contributed by atoms with van der Waals surface area (Å²) in [6, 6.07) is 4.03. The number of fused-ring (bicyclic) bond motifs is 1. The maximum Gasteiger partial charge on any atom is 0.313 e. The topological polar surface area (TPSA) is 68.0 Å². The first-order valence-corrected chi connectivity index (χ1v) is 7.79. The molecule has 0 fully saturated rings. The molecule has 0 aliphatic heterocycles. The van der Waals surface area contributed by atoms with Crippen molar-refractivity contribution in [2.24, 2.45) is 0 Å². The summed E-state index contributed by atoms with van der Waals surface area (Å²) in [5.74, 6) is -0.813. The largest absolute Gasteiger partial charge is 0.481 e. The maximum atomic E-state index is 10.8. The van der Waals surface area contributed by atoms with E-state index in [-0.39, 0.29) is 11.8 Å². The lowest BCUT2D eigenvalue weighted by atomic mass is 10.1. The number of unbranched alkanes of at least 4 members (excludes halogenated alkanes) is 1. The van der Waals surface area contributed by atoms with Gasteiger partial charge in [-0.25, -0.2) is 9.97 Å². The predicted octanol–water partition coefficient (Wildman–Crippen LogP) is 3.36. The summed E-state index contributed by atoms with van der Waals surface area (Å²) in [6.45, 7) is 4.30. The SMILES string of the molecule is CCCCC(C)n1c(SCC(=O)O)nc2cccnc21. The smallest absolute Gasteiger partial charge is 0.313 e. The minimum absolute atomic E-state index is 0.0177. The van der Waals surface area contributed by atoms with E-state index in [2.05, 4.69) is 28.4 Å². The number of pyridine rings is 1. The Balaban J connectivity index is 2.36. The zero-order valence-electron chi connectivity index (χ0n) is 11.7. The fourth-order valence-electron chi connectivity index (χ4n) is 2.16. The number of carboxylic acid groups (broad SMARTS) is 1. The van der Waals surface area contributed by atoms with E-state index in [4.69, 9.17) is 5.11 Å². The fourth-order valence-corrected chi connectivity index (χ4v) is 2.98. The van der Waals surface area contributed by atoms with E-state index in [1.165, 1.54) is 11.8 Å². The van der Waals surface area contributed by atoms with Crippen LogP contribution in [0.15, 0.2) is 23.5 Å². The number of nitrogens with zero attached hydrogens (tertiary/aromatic N) is 3. The average molecular weight is 293 g/mol. The number of carbonyl (C=O) groups is 1. The van der Waals surface area contributed by atoms with E-state index < -0.39 is 5.97 Å². The molecule has 1 N–H and O–H groups in total. The molecule has 5 nitrogen and oxygen atoms in total. The molecule has 2 heterocycles. The van der Waals surface area contributed by atoms with Gasteiger partial charge in [-0.1, -0.05) is 31.5 Å². The van der Waals surface area contributed by atoms with Crippen molar-refractivity contribution in [2.75, 3.05) is 5.75 Å². The Hall–Kier alpha value is -1.56. The molecular formula is C14H19N3O2S. The highest BCUT2D eigenvalue weighted by atomic mass is 32.2. The number of carboxylic acids is 1. The quantitative estimate of drug-likeness (QED) is 0.793. The van der Waals surface area contributed by atoms with Crippen LogP contribution in [0.3, 0.4) is 0 Å². The second-order valence-corrected chi connectivity index (χ2v) is 5.73. The van der Waals surface area contributed by atoms with E-state index >= 15 is 0 Å². The lowest BCUT2D eigenvalue weighted by Gasteiger charge is -2.16. The Kier molecular flexibility index (Phi) is 5.00. The van der Waals surface area contributed by atoms with Crippen LogP contribution in [0, 0.1) is 0 Å². The van der Waals surface area contributed by atoms with Gasteiger partial charge in [0.2, 0.25) is 0 Å². The number of thioether (sulfide) groups is 1. The van der Waals surface area contributed by atoms with Crippen LogP contribution < -0.4 is 0 Å². The third-order valence-electron chi connectivity index (χ3n) is 3.16. The predicted molar refractivity (Wildman–Crippen MR) is 80.1 cm³/mol. The Bertz CT molecular complexity index is 597. The number of aromatic nitrogens is 3. The first-order valence-electron chi connectivity index (χ1n) is 6.81. The molecule has 0 bridgehead atoms. The minimum Gasteiger partial charge on any atom is -0.481 e. The van der Waals surface area contributed by atoms with E-state index in [0.29, 0.717) is 0 Å². The van der Waals surface area contributed by atoms with Crippen molar-refractivity contribution in [3.8, 4) is 0 Å². The lowest BCUT2D eigenvalue weighted by Crippen LogP contribution is -2.08. The van der Waals surface area contributed by atoms with Crippen LogP contribution in [0.1, 0.15) is 39.2 Å². The van der Waals surface area contributed by atoms with Gasteiger partial charge in [0.1, 0.15) is 5.52 Å². The summed E-state index contributed by atoms with van der Waals surface area (Å²) < 4.78 is 2.07. The number of hydrogen-bond donors (Lipinski definition) is 1. The van der Waals surface area contributed by atoms with Crippen LogP contribution in [0.5, 0.6) is 0 Å². The van der Waals surface area contributed by atoms with Crippen molar-refractivity contribution in [3.05, 3.63) is 18.3 Å². The van der Waals surface area contributed by atoms with Crippen molar-refractivity contribution in [2.45, 2.75) is 44.3 Å². The highest BCUT2D eigenvalue weighted by molar-refractivity contribution is 7.99. The van der Waals surface area contributed by atoms with Gasteiger partial charge in [-0.2, -0.15) is 0 Å². The zero-order valence-corrected chi connectivity index (χ0v) is 12.6. The first kappa shape index (κ1) is 14.8. The first-order chi connectivity index (χ1) is 9.63. The average Bonchev–Trinajstić information content (AvgIpc) is 2.81. The van der Waals surface area contributed by atoms with Gasteiger partial charge < -0.3 is 9.67 Å². The van der Waals surface area contributed by atoms with Crippen molar-refractivity contribution < 1.29 is 9.90 Å². The molecule has 1 atom stereocenters. The summed E-state index contributed by atoms with van der Waals surface area (Å²) >= 11 is 1.25. The van der Waals surface area contributed by atoms with Crippen molar-refractivity contribution in [1.29, 1.82) is 0 Å². The number of aliphatic carboxylic acids is 1. The van der Waals surface area contributed by atoms with Crippen LogP contribution in [-0.4, -0.2) is 31.4 Å². The molecule has 0 spiro atoms. The molecule has 0 aromatic carbocycles. The van der Waals surface area contributed by atoms with Gasteiger partial charge in [-0.05, 0) is 25.5 Å². The van der Waals surface area contributed by atoms with E-state index in [9.17, 15) is 4.79 Å².